The summed E-state index contributed by atoms with van der Waals surface area (Å²) in [6.07, 6.45) is 1.18. The maximum Gasteiger partial charge on any atom is 0.143 e. The Morgan fingerprint density at radius 1 is 1.83 bits per heavy atom. The third-order valence-corrected chi connectivity index (χ3v) is 2.32. The van der Waals surface area contributed by atoms with Gasteiger partial charge in [0.2, 0.25) is 0 Å². The van der Waals surface area contributed by atoms with Gasteiger partial charge in [-0.2, -0.15) is 0 Å². The number of hydrogen-bond donors (Lipinski definition) is 1. The second-order valence-electron chi connectivity index (χ2n) is 2.85. The Labute approximate surface area is 78.3 Å². The molecule has 0 aliphatic carbocycles. The lowest BCUT2D eigenvalue weighted by Gasteiger charge is -2.31. The van der Waals surface area contributed by atoms with Gasteiger partial charge in [0.15, 0.2) is 0 Å². The highest BCUT2D eigenvalue weighted by molar-refractivity contribution is 9.10. The van der Waals surface area contributed by atoms with Gasteiger partial charge in [-0.25, -0.2) is 4.98 Å². The highest BCUT2D eigenvalue weighted by Gasteiger charge is 2.34. The second-order valence-corrected chi connectivity index (χ2v) is 3.67. The molecule has 0 saturated carbocycles. The zero-order valence-electron chi connectivity index (χ0n) is 6.57. The van der Waals surface area contributed by atoms with Crippen molar-refractivity contribution in [2.24, 2.45) is 7.05 Å². The van der Waals surface area contributed by atoms with E-state index in [4.69, 9.17) is 4.74 Å². The highest BCUT2D eigenvalue weighted by Crippen LogP contribution is 2.29. The molecule has 2 rings (SSSR count). The number of nitrogens with zero attached hydrogens (tertiary/aromatic N) is 2. The number of ether oxygens (including phenoxy) is 1. The Bertz CT molecular complexity index is 300. The van der Waals surface area contributed by atoms with Crippen molar-refractivity contribution in [3.63, 3.8) is 0 Å². The van der Waals surface area contributed by atoms with Gasteiger partial charge in [0, 0.05) is 13.2 Å². The Morgan fingerprint density at radius 3 is 2.92 bits per heavy atom. The molecule has 0 amide bonds. The zero-order valence-corrected chi connectivity index (χ0v) is 8.15. The normalized spacial score (nSPS) is 28.6. The summed E-state index contributed by atoms with van der Waals surface area (Å²) in [6, 6.07) is 0. The SMILES string of the molecule is Cn1cc(Br)nc1C1OCC1O. The molecule has 1 aliphatic rings. The van der Waals surface area contributed by atoms with Crippen molar-refractivity contribution in [2.45, 2.75) is 12.2 Å². The fourth-order valence-corrected chi connectivity index (χ4v) is 1.72. The van der Waals surface area contributed by atoms with Gasteiger partial charge in [0.05, 0.1) is 6.61 Å². The lowest BCUT2D eigenvalue weighted by atomic mass is 10.1. The van der Waals surface area contributed by atoms with Crippen molar-refractivity contribution in [1.29, 1.82) is 0 Å². The van der Waals surface area contributed by atoms with Gasteiger partial charge < -0.3 is 14.4 Å². The van der Waals surface area contributed by atoms with Gasteiger partial charge >= 0.3 is 0 Å². The van der Waals surface area contributed by atoms with Crippen molar-refractivity contribution < 1.29 is 9.84 Å². The van der Waals surface area contributed by atoms with Crippen LogP contribution in [0, 0.1) is 0 Å². The van der Waals surface area contributed by atoms with E-state index in [1.807, 2.05) is 17.8 Å². The van der Waals surface area contributed by atoms with Crippen LogP contribution in [-0.4, -0.2) is 27.4 Å². The van der Waals surface area contributed by atoms with E-state index in [0.717, 1.165) is 10.4 Å². The van der Waals surface area contributed by atoms with Crippen LogP contribution < -0.4 is 0 Å². The van der Waals surface area contributed by atoms with Gasteiger partial charge in [-0.15, -0.1) is 0 Å². The minimum Gasteiger partial charge on any atom is -0.388 e. The van der Waals surface area contributed by atoms with Crippen molar-refractivity contribution in [2.75, 3.05) is 6.61 Å². The highest BCUT2D eigenvalue weighted by atomic mass is 79.9. The summed E-state index contributed by atoms with van der Waals surface area (Å²) < 4.78 is 7.78. The number of halogens is 1. The van der Waals surface area contributed by atoms with E-state index < -0.39 is 6.10 Å². The molecule has 1 fully saturated rings. The maximum absolute atomic E-state index is 9.30. The molecular weight excluding hydrogens is 224 g/mol. The molecule has 0 aromatic carbocycles. The fourth-order valence-electron chi connectivity index (χ4n) is 1.23. The van der Waals surface area contributed by atoms with Crippen LogP contribution in [0.2, 0.25) is 0 Å². The molecule has 5 heteroatoms. The predicted octanol–water partition coefficient (Wildman–Crippen LogP) is 0.615. The summed E-state index contributed by atoms with van der Waals surface area (Å²) in [5.74, 6) is 0.764. The molecule has 1 aliphatic heterocycles. The average molecular weight is 233 g/mol. The van der Waals surface area contributed by atoms with Crippen LogP contribution in [0.1, 0.15) is 11.9 Å². The van der Waals surface area contributed by atoms with Gasteiger partial charge in [-0.05, 0) is 15.9 Å². The molecule has 2 heterocycles. The Hall–Kier alpha value is -0.390. The first-order valence-electron chi connectivity index (χ1n) is 3.67. The summed E-state index contributed by atoms with van der Waals surface area (Å²) >= 11 is 3.26. The Balaban J connectivity index is 2.27. The lowest BCUT2D eigenvalue weighted by molar-refractivity contribution is -0.169. The molecule has 4 nitrogen and oxygen atoms in total. The number of aliphatic hydroxyl groups excluding tert-OH is 1. The van der Waals surface area contributed by atoms with E-state index in [9.17, 15) is 5.11 Å². The number of aliphatic hydroxyl groups is 1. The molecule has 1 saturated heterocycles. The first-order chi connectivity index (χ1) is 5.68. The summed E-state index contributed by atoms with van der Waals surface area (Å²) in [4.78, 5) is 4.18. The van der Waals surface area contributed by atoms with E-state index in [0.29, 0.717) is 6.61 Å². The number of aromatic nitrogens is 2. The lowest BCUT2D eigenvalue weighted by Crippen LogP contribution is -2.38. The van der Waals surface area contributed by atoms with Crippen molar-refractivity contribution in [3.8, 4) is 0 Å². The molecule has 12 heavy (non-hydrogen) atoms. The molecule has 1 aromatic heterocycles. The number of hydrogen-bond acceptors (Lipinski definition) is 3. The van der Waals surface area contributed by atoms with Crippen LogP contribution in [-0.2, 0) is 11.8 Å². The van der Waals surface area contributed by atoms with Crippen molar-refractivity contribution in [1.82, 2.24) is 9.55 Å². The molecule has 2 atom stereocenters. The number of aryl methyl sites for hydroxylation is 1. The first-order valence-corrected chi connectivity index (χ1v) is 4.46. The van der Waals surface area contributed by atoms with E-state index >= 15 is 0 Å². The van der Waals surface area contributed by atoms with E-state index in [1.165, 1.54) is 0 Å². The zero-order chi connectivity index (χ0) is 8.72. The summed E-state index contributed by atoms with van der Waals surface area (Å²) in [6.45, 7) is 0.412. The first kappa shape index (κ1) is 8.22. The maximum atomic E-state index is 9.30. The Morgan fingerprint density at radius 2 is 2.58 bits per heavy atom. The van der Waals surface area contributed by atoms with Crippen LogP contribution in [0.15, 0.2) is 10.8 Å². The molecule has 0 bridgehead atoms. The minimum absolute atomic E-state index is 0.249. The van der Waals surface area contributed by atoms with Gasteiger partial charge in [0.25, 0.3) is 0 Å². The van der Waals surface area contributed by atoms with Crippen LogP contribution in [0.25, 0.3) is 0 Å². The molecule has 1 N–H and O–H groups in total. The topological polar surface area (TPSA) is 47.3 Å². The van der Waals surface area contributed by atoms with Crippen LogP contribution in [0.5, 0.6) is 0 Å². The molecule has 1 aromatic rings. The average Bonchev–Trinajstić information content (AvgIpc) is 2.28. The Kier molecular flexibility index (Phi) is 1.94. The molecular formula is C7H9BrN2O2. The number of rotatable bonds is 1. The van der Waals surface area contributed by atoms with Crippen LogP contribution in [0.4, 0.5) is 0 Å². The number of imidazole rings is 1. The van der Waals surface area contributed by atoms with E-state index in [2.05, 4.69) is 20.9 Å². The molecule has 2 unspecified atom stereocenters. The minimum atomic E-state index is -0.405. The summed E-state index contributed by atoms with van der Waals surface area (Å²) in [5, 5.41) is 9.30. The summed E-state index contributed by atoms with van der Waals surface area (Å²) in [7, 11) is 1.88. The smallest absolute Gasteiger partial charge is 0.143 e. The van der Waals surface area contributed by atoms with Gasteiger partial charge in [-0.1, -0.05) is 0 Å². The molecule has 0 spiro atoms. The quantitative estimate of drug-likeness (QED) is 0.773. The summed E-state index contributed by atoms with van der Waals surface area (Å²) in [5.41, 5.74) is 0. The monoisotopic (exact) mass is 232 g/mol. The van der Waals surface area contributed by atoms with Gasteiger partial charge in [0.1, 0.15) is 22.6 Å². The third-order valence-electron chi connectivity index (χ3n) is 1.93. The second kappa shape index (κ2) is 2.83. The van der Waals surface area contributed by atoms with Crippen LogP contribution in [0.3, 0.4) is 0 Å². The third kappa shape index (κ3) is 1.18. The predicted molar refractivity (Wildman–Crippen MR) is 45.6 cm³/mol. The molecule has 0 radical (unpaired) electrons. The van der Waals surface area contributed by atoms with E-state index in [1.54, 1.807) is 0 Å². The van der Waals surface area contributed by atoms with E-state index in [-0.39, 0.29) is 6.10 Å². The largest absolute Gasteiger partial charge is 0.388 e. The van der Waals surface area contributed by atoms with Crippen molar-refractivity contribution in [3.05, 3.63) is 16.6 Å². The van der Waals surface area contributed by atoms with Crippen molar-refractivity contribution >= 4 is 15.9 Å². The molecule has 66 valence electrons. The van der Waals surface area contributed by atoms with Crippen LogP contribution >= 0.6 is 15.9 Å². The standard InChI is InChI=1S/C7H9BrN2O2/c1-10-2-5(8)9-7(10)6-4(11)3-12-6/h2,4,6,11H,3H2,1H3. The van der Waals surface area contributed by atoms with Gasteiger partial charge in [-0.3, -0.25) is 0 Å². The fraction of sp³-hybridized carbons (Fsp3) is 0.571.